The summed E-state index contributed by atoms with van der Waals surface area (Å²) in [7, 11) is 0. The zero-order valence-electron chi connectivity index (χ0n) is 20.1. The Labute approximate surface area is 206 Å². The lowest BCUT2D eigenvalue weighted by Gasteiger charge is -2.44. The van der Waals surface area contributed by atoms with Crippen LogP contribution in [0.1, 0.15) is 24.8 Å². The number of carbonyl (C=O) groups excluding carboxylic acids is 1. The molecule has 3 aliphatic rings. The van der Waals surface area contributed by atoms with E-state index in [9.17, 15) is 9.90 Å². The minimum atomic E-state index is -0.542. The molecule has 3 aliphatic heterocycles. The summed E-state index contributed by atoms with van der Waals surface area (Å²) >= 11 is 0. The van der Waals surface area contributed by atoms with Gasteiger partial charge in [-0.15, -0.1) is 0 Å². The molecule has 3 fully saturated rings. The average molecular weight is 482 g/mol. The van der Waals surface area contributed by atoms with Crippen LogP contribution in [0.15, 0.2) is 48.8 Å². The number of fused-ring (bicyclic) bond motifs is 1. The summed E-state index contributed by atoms with van der Waals surface area (Å²) in [6.45, 7) is 4.50. The minimum absolute atomic E-state index is 0.101. The van der Waals surface area contributed by atoms with Gasteiger partial charge in [-0.2, -0.15) is 0 Å². The van der Waals surface area contributed by atoms with Gasteiger partial charge in [0.05, 0.1) is 51.2 Å². The van der Waals surface area contributed by atoms with Gasteiger partial charge < -0.3 is 24.2 Å². The van der Waals surface area contributed by atoms with Crippen molar-refractivity contribution in [2.24, 2.45) is 0 Å². The maximum absolute atomic E-state index is 12.8. The molecule has 4 atom stereocenters. The van der Waals surface area contributed by atoms with E-state index < -0.39 is 6.10 Å². The molecule has 0 bridgehead atoms. The van der Waals surface area contributed by atoms with Crippen molar-refractivity contribution >= 4 is 5.91 Å². The molecule has 4 heterocycles. The number of β-amino-alcohol motifs (C(OH)–C–C–N with tert-alkyl or cyclic N) is 1. The molecule has 0 unspecified atom stereocenters. The van der Waals surface area contributed by atoms with Gasteiger partial charge in [0, 0.05) is 44.6 Å². The van der Waals surface area contributed by atoms with E-state index >= 15 is 0 Å². The zero-order chi connectivity index (χ0) is 24.0. The Morgan fingerprint density at radius 3 is 2.69 bits per heavy atom. The van der Waals surface area contributed by atoms with Crippen molar-refractivity contribution in [2.75, 3.05) is 46.1 Å². The number of morpholine rings is 1. The number of ether oxygens (including phenoxy) is 3. The molecule has 3 saturated heterocycles. The minimum Gasteiger partial charge on any atom is -0.389 e. The number of amides is 1. The summed E-state index contributed by atoms with van der Waals surface area (Å²) in [6.07, 6.45) is 4.98. The second-order valence-electron chi connectivity index (χ2n) is 9.70. The molecule has 35 heavy (non-hydrogen) atoms. The van der Waals surface area contributed by atoms with Gasteiger partial charge in [0.15, 0.2) is 0 Å². The Morgan fingerprint density at radius 2 is 1.86 bits per heavy atom. The molecule has 1 N–H and O–H groups in total. The molecule has 5 rings (SSSR count). The SMILES string of the molecule is O=C(C[C@@H]1CC[C@@H]2[C@H](COC[C@H](O)CN2Cc2cccc(-c3ccncc3)c2)O1)N1CCOCC1. The van der Waals surface area contributed by atoms with Gasteiger partial charge in [-0.25, -0.2) is 0 Å². The quantitative estimate of drug-likeness (QED) is 0.700. The Bertz CT molecular complexity index is 968. The summed E-state index contributed by atoms with van der Waals surface area (Å²) in [5.41, 5.74) is 3.48. The number of aliphatic hydroxyl groups excluding tert-OH is 1. The number of aromatic nitrogens is 1. The van der Waals surface area contributed by atoms with Crippen LogP contribution in [0.4, 0.5) is 0 Å². The third-order valence-corrected chi connectivity index (χ3v) is 7.18. The Balaban J connectivity index is 1.26. The number of pyridine rings is 1. The summed E-state index contributed by atoms with van der Waals surface area (Å²) in [5.74, 6) is 0.142. The summed E-state index contributed by atoms with van der Waals surface area (Å²) < 4.78 is 17.6. The number of rotatable bonds is 5. The van der Waals surface area contributed by atoms with Crippen molar-refractivity contribution in [3.63, 3.8) is 0 Å². The van der Waals surface area contributed by atoms with Crippen molar-refractivity contribution in [3.05, 3.63) is 54.4 Å². The standard InChI is InChI=1S/C27H35N3O5/c31-23-17-30(16-20-2-1-3-22(14-20)21-6-8-28-9-7-21)25-5-4-24(35-26(25)19-34-18-23)15-27(32)29-10-12-33-13-11-29/h1-3,6-9,14,23-26,31H,4-5,10-13,15-19H2/t23-,24+,25-,26+/m1/s1. The van der Waals surface area contributed by atoms with Crippen LogP contribution in [0, 0.1) is 0 Å². The van der Waals surface area contributed by atoms with Gasteiger partial charge in [0.1, 0.15) is 0 Å². The van der Waals surface area contributed by atoms with Crippen molar-refractivity contribution in [3.8, 4) is 11.1 Å². The fourth-order valence-electron chi connectivity index (χ4n) is 5.39. The first-order chi connectivity index (χ1) is 17.2. The molecule has 8 heteroatoms. The van der Waals surface area contributed by atoms with Crippen LogP contribution in [0.25, 0.3) is 11.1 Å². The van der Waals surface area contributed by atoms with Crippen molar-refractivity contribution < 1.29 is 24.1 Å². The van der Waals surface area contributed by atoms with Gasteiger partial charge in [0.25, 0.3) is 0 Å². The first-order valence-corrected chi connectivity index (χ1v) is 12.7. The highest BCUT2D eigenvalue weighted by atomic mass is 16.5. The number of carbonyl (C=O) groups is 1. The first kappa shape index (κ1) is 24.3. The van der Waals surface area contributed by atoms with Gasteiger partial charge in [-0.05, 0) is 47.7 Å². The monoisotopic (exact) mass is 481 g/mol. The van der Waals surface area contributed by atoms with E-state index in [4.69, 9.17) is 14.2 Å². The van der Waals surface area contributed by atoms with Gasteiger partial charge in [-0.3, -0.25) is 14.7 Å². The topological polar surface area (TPSA) is 84.4 Å². The van der Waals surface area contributed by atoms with E-state index in [2.05, 4.69) is 34.1 Å². The third kappa shape index (κ3) is 6.26. The van der Waals surface area contributed by atoms with Crippen LogP contribution in [0.2, 0.25) is 0 Å². The fourth-order valence-corrected chi connectivity index (χ4v) is 5.39. The Kier molecular flexibility index (Phi) is 8.06. The van der Waals surface area contributed by atoms with E-state index in [1.165, 1.54) is 5.56 Å². The van der Waals surface area contributed by atoms with Crippen LogP contribution >= 0.6 is 0 Å². The van der Waals surface area contributed by atoms with Crippen LogP contribution in [0.5, 0.6) is 0 Å². The highest BCUT2D eigenvalue weighted by Gasteiger charge is 2.38. The fraction of sp³-hybridized carbons (Fsp3) is 0.556. The van der Waals surface area contributed by atoms with Gasteiger partial charge in [0.2, 0.25) is 5.91 Å². The van der Waals surface area contributed by atoms with Gasteiger partial charge in [-0.1, -0.05) is 18.2 Å². The lowest BCUT2D eigenvalue weighted by atomic mass is 9.94. The zero-order valence-corrected chi connectivity index (χ0v) is 20.1. The molecular weight excluding hydrogens is 446 g/mol. The van der Waals surface area contributed by atoms with Crippen molar-refractivity contribution in [1.29, 1.82) is 0 Å². The summed E-state index contributed by atoms with van der Waals surface area (Å²) in [6, 6.07) is 12.7. The molecule has 1 aromatic heterocycles. The second kappa shape index (κ2) is 11.6. The van der Waals surface area contributed by atoms with Gasteiger partial charge >= 0.3 is 0 Å². The van der Waals surface area contributed by atoms with Crippen LogP contribution in [0.3, 0.4) is 0 Å². The average Bonchev–Trinajstić information content (AvgIpc) is 2.89. The van der Waals surface area contributed by atoms with Crippen LogP contribution in [-0.2, 0) is 25.5 Å². The van der Waals surface area contributed by atoms with E-state index in [-0.39, 0.29) is 30.8 Å². The van der Waals surface area contributed by atoms with Crippen LogP contribution < -0.4 is 0 Å². The molecule has 0 aliphatic carbocycles. The normalized spacial score (nSPS) is 28.1. The molecule has 1 amide bonds. The predicted octanol–water partition coefficient (Wildman–Crippen LogP) is 2.11. The number of benzene rings is 1. The smallest absolute Gasteiger partial charge is 0.225 e. The molecule has 1 aromatic carbocycles. The lowest BCUT2D eigenvalue weighted by molar-refractivity contribution is -0.162. The maximum Gasteiger partial charge on any atom is 0.225 e. The van der Waals surface area contributed by atoms with E-state index in [0.29, 0.717) is 45.9 Å². The van der Waals surface area contributed by atoms with Crippen molar-refractivity contribution in [1.82, 2.24) is 14.8 Å². The molecule has 8 nitrogen and oxygen atoms in total. The second-order valence-corrected chi connectivity index (χ2v) is 9.70. The highest BCUT2D eigenvalue weighted by molar-refractivity contribution is 5.76. The summed E-state index contributed by atoms with van der Waals surface area (Å²) in [4.78, 5) is 21.1. The van der Waals surface area contributed by atoms with E-state index in [0.717, 1.165) is 30.5 Å². The molecule has 188 valence electrons. The number of hydrogen-bond acceptors (Lipinski definition) is 7. The third-order valence-electron chi connectivity index (χ3n) is 7.18. The lowest BCUT2D eigenvalue weighted by Crippen LogP contribution is -2.55. The number of aliphatic hydroxyl groups is 1. The molecular formula is C27H35N3O5. The Morgan fingerprint density at radius 1 is 1.03 bits per heavy atom. The molecule has 0 spiro atoms. The van der Waals surface area contributed by atoms with Crippen LogP contribution in [-0.4, -0.2) is 96.2 Å². The van der Waals surface area contributed by atoms with E-state index in [1.807, 2.05) is 17.0 Å². The Hall–Kier alpha value is -2.36. The van der Waals surface area contributed by atoms with Crippen molar-refractivity contribution in [2.45, 2.75) is 50.2 Å². The molecule has 2 aromatic rings. The highest BCUT2D eigenvalue weighted by Crippen LogP contribution is 2.30. The maximum atomic E-state index is 12.8. The number of hydrogen-bond donors (Lipinski definition) is 1. The number of nitrogens with zero attached hydrogens (tertiary/aromatic N) is 3. The first-order valence-electron chi connectivity index (χ1n) is 12.7. The van der Waals surface area contributed by atoms with E-state index in [1.54, 1.807) is 12.4 Å². The largest absolute Gasteiger partial charge is 0.389 e. The predicted molar refractivity (Wildman–Crippen MR) is 131 cm³/mol. The summed E-state index contributed by atoms with van der Waals surface area (Å²) in [5, 5.41) is 10.5. The molecule has 0 saturated carbocycles. The molecule has 0 radical (unpaired) electrons.